The van der Waals surface area contributed by atoms with Crippen molar-refractivity contribution in [3.8, 4) is 0 Å². The molecule has 0 unspecified atom stereocenters. The maximum atomic E-state index is 11.2. The Morgan fingerprint density at radius 3 is 2.39 bits per heavy atom. The van der Waals surface area contributed by atoms with Crippen molar-refractivity contribution >= 4 is 5.78 Å². The summed E-state index contributed by atoms with van der Waals surface area (Å²) in [5.74, 6) is 0.179. The first kappa shape index (κ1) is 14.9. The summed E-state index contributed by atoms with van der Waals surface area (Å²) in [4.78, 5) is 11.2. The molecule has 18 heavy (non-hydrogen) atoms. The number of ketones is 1. The van der Waals surface area contributed by atoms with Gasteiger partial charge >= 0.3 is 0 Å². The maximum Gasteiger partial charge on any atom is 0.146 e. The third-order valence-corrected chi connectivity index (χ3v) is 3.32. The van der Waals surface area contributed by atoms with Gasteiger partial charge in [0.15, 0.2) is 0 Å². The summed E-state index contributed by atoms with van der Waals surface area (Å²) in [5, 5.41) is 3.23. The number of carbonyl (C=O) groups is 1. The smallest absolute Gasteiger partial charge is 0.146 e. The lowest BCUT2D eigenvalue weighted by Crippen LogP contribution is -2.31. The number of nitrogens with one attached hydrogen (secondary N) is 1. The van der Waals surface area contributed by atoms with E-state index in [4.69, 9.17) is 0 Å². The molecular formula is C16H25NO. The third-order valence-electron chi connectivity index (χ3n) is 3.32. The fourth-order valence-electron chi connectivity index (χ4n) is 2.09. The Morgan fingerprint density at radius 1 is 1.33 bits per heavy atom. The quantitative estimate of drug-likeness (QED) is 0.884. The van der Waals surface area contributed by atoms with E-state index in [0.717, 1.165) is 6.54 Å². The molecule has 0 aliphatic carbocycles. The molecule has 1 rings (SSSR count). The first-order valence-corrected chi connectivity index (χ1v) is 6.55. The molecule has 2 heteroatoms. The van der Waals surface area contributed by atoms with Crippen molar-refractivity contribution < 1.29 is 4.79 Å². The van der Waals surface area contributed by atoms with E-state index in [1.54, 1.807) is 6.92 Å². The van der Waals surface area contributed by atoms with E-state index in [0.29, 0.717) is 0 Å². The Kier molecular flexibility index (Phi) is 4.69. The van der Waals surface area contributed by atoms with Gasteiger partial charge in [0.2, 0.25) is 0 Å². The molecule has 0 saturated heterocycles. The Morgan fingerprint density at radius 2 is 1.94 bits per heavy atom. The molecule has 1 N–H and O–H groups in total. The Bertz CT molecular complexity index is 429. The van der Waals surface area contributed by atoms with Crippen LogP contribution in [0.3, 0.4) is 0 Å². The number of carbonyl (C=O) groups excluding carboxylic acids is 1. The van der Waals surface area contributed by atoms with Gasteiger partial charge in [0.25, 0.3) is 0 Å². The number of Topliss-reactive ketones (excluding diaryl/α,β-unsaturated/α-hetero) is 1. The second-order valence-electron chi connectivity index (χ2n) is 6.11. The van der Waals surface area contributed by atoms with Crippen LogP contribution in [-0.2, 0) is 16.8 Å². The van der Waals surface area contributed by atoms with Crippen LogP contribution in [0.4, 0.5) is 0 Å². The average Bonchev–Trinajstić information content (AvgIpc) is 2.23. The zero-order valence-corrected chi connectivity index (χ0v) is 12.4. The van der Waals surface area contributed by atoms with Crippen LogP contribution in [0.1, 0.15) is 51.3 Å². The van der Waals surface area contributed by atoms with Gasteiger partial charge in [-0.25, -0.2) is 0 Å². The van der Waals surface area contributed by atoms with Crippen molar-refractivity contribution in [3.63, 3.8) is 0 Å². The molecule has 0 bridgehead atoms. The van der Waals surface area contributed by atoms with Gasteiger partial charge in [-0.2, -0.15) is 0 Å². The van der Waals surface area contributed by atoms with Crippen LogP contribution in [0.5, 0.6) is 0 Å². The average molecular weight is 247 g/mol. The fraction of sp³-hybridized carbons (Fsp3) is 0.562. The van der Waals surface area contributed by atoms with Gasteiger partial charge in [-0.3, -0.25) is 4.79 Å². The van der Waals surface area contributed by atoms with E-state index >= 15 is 0 Å². The Labute approximate surface area is 111 Å². The van der Waals surface area contributed by atoms with Gasteiger partial charge < -0.3 is 5.32 Å². The summed E-state index contributed by atoms with van der Waals surface area (Å²) in [6.45, 7) is 13.1. The topological polar surface area (TPSA) is 29.1 Å². The molecular weight excluding hydrogens is 222 g/mol. The molecule has 2 nitrogen and oxygen atoms in total. The van der Waals surface area contributed by atoms with Crippen molar-refractivity contribution in [1.82, 2.24) is 5.32 Å². The molecule has 0 amide bonds. The van der Waals surface area contributed by atoms with Crippen molar-refractivity contribution in [2.24, 2.45) is 0 Å². The Balaban J connectivity index is 2.77. The van der Waals surface area contributed by atoms with E-state index in [9.17, 15) is 4.79 Å². The van der Waals surface area contributed by atoms with Crippen LogP contribution >= 0.6 is 0 Å². The van der Waals surface area contributed by atoms with Crippen LogP contribution in [0.25, 0.3) is 0 Å². The molecule has 0 aliphatic rings. The summed E-state index contributed by atoms with van der Waals surface area (Å²) in [6, 6.07) is 6.48. The molecule has 0 heterocycles. The minimum absolute atomic E-state index is 0.0763. The molecule has 1 aromatic carbocycles. The zero-order valence-electron chi connectivity index (χ0n) is 12.4. The van der Waals surface area contributed by atoms with Crippen LogP contribution < -0.4 is 5.32 Å². The third kappa shape index (κ3) is 3.95. The van der Waals surface area contributed by atoms with Crippen molar-refractivity contribution in [2.75, 3.05) is 0 Å². The number of benzene rings is 1. The minimum atomic E-state index is -0.0763. The van der Waals surface area contributed by atoms with Gasteiger partial charge in [0.1, 0.15) is 5.78 Å². The molecule has 1 aromatic rings. The zero-order chi connectivity index (χ0) is 13.9. The largest absolute Gasteiger partial charge is 0.304 e. The van der Waals surface area contributed by atoms with E-state index < -0.39 is 0 Å². The lowest BCUT2D eigenvalue weighted by molar-refractivity contribution is -0.118. The Hall–Kier alpha value is -1.15. The highest BCUT2D eigenvalue weighted by Crippen LogP contribution is 2.26. The highest BCUT2D eigenvalue weighted by molar-refractivity contribution is 5.80. The predicted molar refractivity (Wildman–Crippen MR) is 76.9 cm³/mol. The number of hydrogen-bond donors (Lipinski definition) is 1. The monoisotopic (exact) mass is 247 g/mol. The molecule has 0 saturated carbocycles. The maximum absolute atomic E-state index is 11.2. The molecule has 0 aliphatic heterocycles. The normalized spacial score (nSPS) is 13.4. The molecule has 0 spiro atoms. The van der Waals surface area contributed by atoms with Gasteiger partial charge in [0, 0.05) is 6.54 Å². The van der Waals surface area contributed by atoms with E-state index in [1.807, 2.05) is 6.92 Å². The molecule has 0 fully saturated rings. The van der Waals surface area contributed by atoms with Gasteiger partial charge in [-0.1, -0.05) is 39.0 Å². The summed E-state index contributed by atoms with van der Waals surface area (Å²) < 4.78 is 0. The first-order chi connectivity index (χ1) is 8.21. The van der Waals surface area contributed by atoms with Crippen molar-refractivity contribution in [2.45, 2.75) is 59.5 Å². The standard InChI is InChI=1S/C16H25NO/c1-11-9-14(10-17-12(2)13(3)18)7-8-15(11)16(4,5)6/h7-9,12,17H,10H2,1-6H3/t12-/m1/s1. The number of aryl methyl sites for hydroxylation is 1. The predicted octanol–water partition coefficient (Wildman–Crippen LogP) is 3.36. The van der Waals surface area contributed by atoms with Crippen LogP contribution in [0, 0.1) is 6.92 Å². The van der Waals surface area contributed by atoms with Crippen LogP contribution in [0.2, 0.25) is 0 Å². The first-order valence-electron chi connectivity index (χ1n) is 6.55. The fourth-order valence-corrected chi connectivity index (χ4v) is 2.09. The molecule has 0 aromatic heterocycles. The molecule has 1 atom stereocenters. The summed E-state index contributed by atoms with van der Waals surface area (Å²) in [6.07, 6.45) is 0. The van der Waals surface area contributed by atoms with Gasteiger partial charge in [-0.05, 0) is 42.9 Å². The summed E-state index contributed by atoms with van der Waals surface area (Å²) in [7, 11) is 0. The van der Waals surface area contributed by atoms with Gasteiger partial charge in [-0.15, -0.1) is 0 Å². The van der Waals surface area contributed by atoms with E-state index in [-0.39, 0.29) is 17.2 Å². The second-order valence-corrected chi connectivity index (χ2v) is 6.11. The summed E-state index contributed by atoms with van der Waals surface area (Å²) >= 11 is 0. The highest BCUT2D eigenvalue weighted by atomic mass is 16.1. The number of hydrogen-bond acceptors (Lipinski definition) is 2. The van der Waals surface area contributed by atoms with Crippen molar-refractivity contribution in [3.05, 3.63) is 34.9 Å². The van der Waals surface area contributed by atoms with Gasteiger partial charge in [0.05, 0.1) is 6.04 Å². The highest BCUT2D eigenvalue weighted by Gasteiger charge is 2.16. The lowest BCUT2D eigenvalue weighted by Gasteiger charge is -2.22. The lowest BCUT2D eigenvalue weighted by atomic mass is 9.83. The minimum Gasteiger partial charge on any atom is -0.304 e. The van der Waals surface area contributed by atoms with E-state index in [2.05, 4.69) is 51.2 Å². The SMILES string of the molecule is CC(=O)[C@@H](C)NCc1ccc(C(C)(C)C)c(C)c1. The van der Waals surface area contributed by atoms with Crippen molar-refractivity contribution in [1.29, 1.82) is 0 Å². The number of rotatable bonds is 4. The van der Waals surface area contributed by atoms with E-state index in [1.165, 1.54) is 16.7 Å². The van der Waals surface area contributed by atoms with Crippen LogP contribution in [-0.4, -0.2) is 11.8 Å². The molecule has 100 valence electrons. The second kappa shape index (κ2) is 5.66. The molecule has 0 radical (unpaired) electrons. The summed E-state index contributed by atoms with van der Waals surface area (Å²) in [5.41, 5.74) is 4.11. The van der Waals surface area contributed by atoms with Crippen LogP contribution in [0.15, 0.2) is 18.2 Å².